The number of nitro benzene ring substituents is 1. The highest BCUT2D eigenvalue weighted by molar-refractivity contribution is 5.92. The van der Waals surface area contributed by atoms with Gasteiger partial charge in [-0.05, 0) is 11.6 Å². The molecule has 0 radical (unpaired) electrons. The minimum absolute atomic E-state index is 0.00954. The fourth-order valence-electron chi connectivity index (χ4n) is 1.19. The third kappa shape index (κ3) is 2.64. The molecule has 0 aliphatic heterocycles. The predicted molar refractivity (Wildman–Crippen MR) is 58.1 cm³/mol. The summed E-state index contributed by atoms with van der Waals surface area (Å²) in [5.74, 6) is -1.13. The molecule has 6 heteroatoms. The molecule has 0 atom stereocenters. The number of hydrogen-bond acceptors (Lipinski definition) is 4. The van der Waals surface area contributed by atoms with Crippen LogP contribution in [0.25, 0.3) is 6.08 Å². The maximum atomic E-state index is 10.8. The molecular weight excluding hydrogens is 212 g/mol. The van der Waals surface area contributed by atoms with E-state index in [1.54, 1.807) is 0 Å². The molecule has 0 aliphatic carbocycles. The highest BCUT2D eigenvalue weighted by Crippen LogP contribution is 2.19. The Morgan fingerprint density at radius 1 is 1.56 bits per heavy atom. The molecule has 0 unspecified atom stereocenters. The van der Waals surface area contributed by atoms with E-state index in [-0.39, 0.29) is 23.4 Å². The summed E-state index contributed by atoms with van der Waals surface area (Å²) >= 11 is 0. The minimum atomic E-state index is -1.13. The summed E-state index contributed by atoms with van der Waals surface area (Å²) in [6.07, 6.45) is 2.99. The normalized spacial score (nSPS) is 10.6. The van der Waals surface area contributed by atoms with E-state index in [2.05, 4.69) is 0 Å². The molecule has 0 bridgehead atoms. The molecule has 0 aromatic heterocycles. The summed E-state index contributed by atoms with van der Waals surface area (Å²) < 4.78 is 0. The fourth-order valence-corrected chi connectivity index (χ4v) is 1.19. The number of aromatic carboxylic acids is 1. The highest BCUT2D eigenvalue weighted by Gasteiger charge is 2.13. The number of rotatable bonds is 4. The first-order valence-corrected chi connectivity index (χ1v) is 4.44. The van der Waals surface area contributed by atoms with Crippen molar-refractivity contribution in [3.63, 3.8) is 0 Å². The van der Waals surface area contributed by atoms with E-state index in [1.165, 1.54) is 24.3 Å². The number of nitrogens with zero attached hydrogens (tertiary/aromatic N) is 1. The van der Waals surface area contributed by atoms with Crippen molar-refractivity contribution in [2.24, 2.45) is 5.73 Å². The lowest BCUT2D eigenvalue weighted by atomic mass is 10.1. The molecule has 0 fully saturated rings. The minimum Gasteiger partial charge on any atom is -0.478 e. The smallest absolute Gasteiger partial charge is 0.336 e. The number of carboxylic acid groups (broad SMARTS) is 1. The van der Waals surface area contributed by atoms with E-state index < -0.39 is 10.9 Å². The first-order chi connectivity index (χ1) is 7.56. The SMILES string of the molecule is NCC=Cc1cc([N+](=O)[O-])ccc1C(=O)O. The average Bonchev–Trinajstić information content (AvgIpc) is 2.25. The van der Waals surface area contributed by atoms with E-state index >= 15 is 0 Å². The highest BCUT2D eigenvalue weighted by atomic mass is 16.6. The van der Waals surface area contributed by atoms with E-state index in [0.717, 1.165) is 6.07 Å². The Morgan fingerprint density at radius 3 is 2.75 bits per heavy atom. The summed E-state index contributed by atoms with van der Waals surface area (Å²) in [4.78, 5) is 20.8. The van der Waals surface area contributed by atoms with Crippen LogP contribution in [0.5, 0.6) is 0 Å². The van der Waals surface area contributed by atoms with E-state index in [0.29, 0.717) is 0 Å². The van der Waals surface area contributed by atoms with Gasteiger partial charge in [0.1, 0.15) is 0 Å². The number of hydrogen-bond donors (Lipinski definition) is 2. The number of nitro groups is 1. The monoisotopic (exact) mass is 222 g/mol. The van der Waals surface area contributed by atoms with E-state index in [1.807, 2.05) is 0 Å². The van der Waals surface area contributed by atoms with Gasteiger partial charge in [-0.15, -0.1) is 0 Å². The van der Waals surface area contributed by atoms with Crippen molar-refractivity contribution in [2.75, 3.05) is 6.54 Å². The molecule has 0 spiro atoms. The zero-order valence-electron chi connectivity index (χ0n) is 8.29. The lowest BCUT2D eigenvalue weighted by Gasteiger charge is -2.00. The maximum absolute atomic E-state index is 10.8. The molecular formula is C10H10N2O4. The first-order valence-electron chi connectivity index (χ1n) is 4.44. The van der Waals surface area contributed by atoms with Gasteiger partial charge in [-0.25, -0.2) is 4.79 Å². The molecule has 84 valence electrons. The van der Waals surface area contributed by atoms with Crippen LogP contribution in [0.15, 0.2) is 24.3 Å². The number of carboxylic acids is 1. The predicted octanol–water partition coefficient (Wildman–Crippen LogP) is 1.26. The van der Waals surface area contributed by atoms with Gasteiger partial charge in [0.25, 0.3) is 5.69 Å². The summed E-state index contributed by atoms with van der Waals surface area (Å²) in [7, 11) is 0. The third-order valence-corrected chi connectivity index (χ3v) is 1.91. The maximum Gasteiger partial charge on any atom is 0.336 e. The zero-order valence-corrected chi connectivity index (χ0v) is 8.29. The van der Waals surface area contributed by atoms with Gasteiger partial charge in [0, 0.05) is 18.7 Å². The van der Waals surface area contributed by atoms with Crippen molar-refractivity contribution in [2.45, 2.75) is 0 Å². The molecule has 16 heavy (non-hydrogen) atoms. The number of benzene rings is 1. The van der Waals surface area contributed by atoms with Crippen LogP contribution in [-0.2, 0) is 0 Å². The van der Waals surface area contributed by atoms with E-state index in [9.17, 15) is 14.9 Å². The molecule has 1 rings (SSSR count). The van der Waals surface area contributed by atoms with Crippen molar-refractivity contribution in [1.82, 2.24) is 0 Å². The first kappa shape index (κ1) is 11.9. The summed E-state index contributed by atoms with van der Waals surface area (Å²) in [5, 5.41) is 19.4. The Hall–Kier alpha value is -2.21. The summed E-state index contributed by atoms with van der Waals surface area (Å²) in [5.41, 5.74) is 5.36. The van der Waals surface area contributed by atoms with Crippen molar-refractivity contribution in [3.05, 3.63) is 45.5 Å². The van der Waals surface area contributed by atoms with Crippen molar-refractivity contribution < 1.29 is 14.8 Å². The second kappa shape index (κ2) is 5.04. The second-order valence-corrected chi connectivity index (χ2v) is 2.97. The molecule has 0 heterocycles. The van der Waals surface area contributed by atoms with Crippen LogP contribution in [0.4, 0.5) is 5.69 Å². The van der Waals surface area contributed by atoms with Crippen LogP contribution in [0, 0.1) is 10.1 Å². The Balaban J connectivity index is 3.26. The third-order valence-electron chi connectivity index (χ3n) is 1.91. The lowest BCUT2D eigenvalue weighted by Crippen LogP contribution is -2.01. The molecule has 6 nitrogen and oxygen atoms in total. The van der Waals surface area contributed by atoms with Crippen LogP contribution in [0.2, 0.25) is 0 Å². The van der Waals surface area contributed by atoms with Gasteiger partial charge < -0.3 is 10.8 Å². The lowest BCUT2D eigenvalue weighted by molar-refractivity contribution is -0.384. The molecule has 3 N–H and O–H groups in total. The fraction of sp³-hybridized carbons (Fsp3) is 0.100. The van der Waals surface area contributed by atoms with Gasteiger partial charge in [0.15, 0.2) is 0 Å². The van der Waals surface area contributed by atoms with Gasteiger partial charge in [0.2, 0.25) is 0 Å². The van der Waals surface area contributed by atoms with Gasteiger partial charge in [-0.1, -0.05) is 12.2 Å². The van der Waals surface area contributed by atoms with Gasteiger partial charge in [0.05, 0.1) is 10.5 Å². The summed E-state index contributed by atoms with van der Waals surface area (Å²) in [6, 6.07) is 3.56. The standard InChI is InChI=1S/C10H10N2O4/c11-5-1-2-7-6-8(12(15)16)3-4-9(7)10(13)14/h1-4,6H,5,11H2,(H,13,14). The van der Waals surface area contributed by atoms with Crippen LogP contribution < -0.4 is 5.73 Å². The zero-order chi connectivity index (χ0) is 12.1. The van der Waals surface area contributed by atoms with Crippen molar-refractivity contribution >= 4 is 17.7 Å². The molecule has 1 aromatic carbocycles. The largest absolute Gasteiger partial charge is 0.478 e. The number of non-ortho nitro benzene ring substituents is 1. The van der Waals surface area contributed by atoms with Crippen LogP contribution >= 0.6 is 0 Å². The van der Waals surface area contributed by atoms with Crippen LogP contribution in [0.1, 0.15) is 15.9 Å². The second-order valence-electron chi connectivity index (χ2n) is 2.97. The van der Waals surface area contributed by atoms with E-state index in [4.69, 9.17) is 10.8 Å². The molecule has 1 aromatic rings. The number of carbonyl (C=O) groups is 1. The van der Waals surface area contributed by atoms with Crippen LogP contribution in [0.3, 0.4) is 0 Å². The van der Waals surface area contributed by atoms with Gasteiger partial charge >= 0.3 is 5.97 Å². The van der Waals surface area contributed by atoms with Gasteiger partial charge in [-0.2, -0.15) is 0 Å². The van der Waals surface area contributed by atoms with Crippen LogP contribution in [-0.4, -0.2) is 22.5 Å². The average molecular weight is 222 g/mol. The Labute approximate surface area is 91.2 Å². The number of nitrogens with two attached hydrogens (primary N) is 1. The molecule has 0 saturated carbocycles. The van der Waals surface area contributed by atoms with Crippen molar-refractivity contribution in [3.8, 4) is 0 Å². The Kier molecular flexibility index (Phi) is 3.73. The molecule has 0 saturated heterocycles. The topological polar surface area (TPSA) is 106 Å². The molecule has 0 aliphatic rings. The Bertz CT molecular complexity index is 454. The summed E-state index contributed by atoms with van der Waals surface area (Å²) in [6.45, 7) is 0.238. The van der Waals surface area contributed by atoms with Gasteiger partial charge in [-0.3, -0.25) is 10.1 Å². The Morgan fingerprint density at radius 2 is 2.25 bits per heavy atom. The molecule has 0 amide bonds. The van der Waals surface area contributed by atoms with Crippen molar-refractivity contribution in [1.29, 1.82) is 0 Å². The quantitative estimate of drug-likeness (QED) is 0.589.